The van der Waals surface area contributed by atoms with Crippen molar-refractivity contribution in [1.82, 2.24) is 19.5 Å². The van der Waals surface area contributed by atoms with Crippen LogP contribution in [0.4, 0.5) is 0 Å². The number of rotatable bonds is 7. The monoisotopic (exact) mass is 372 g/mol. The molecule has 0 spiro atoms. The number of aromatic nitrogens is 3. The van der Waals surface area contributed by atoms with E-state index in [0.717, 1.165) is 11.3 Å². The molecule has 0 aliphatic heterocycles. The maximum absolute atomic E-state index is 12.6. The van der Waals surface area contributed by atoms with Crippen LogP contribution in [0, 0.1) is 0 Å². The third-order valence-corrected chi connectivity index (χ3v) is 5.23. The molecule has 0 atom stereocenters. The minimum absolute atomic E-state index is 0.0850. The summed E-state index contributed by atoms with van der Waals surface area (Å²) in [5.74, 6) is 0.334. The van der Waals surface area contributed by atoms with Crippen LogP contribution in [0.3, 0.4) is 0 Å². The molecule has 2 heterocycles. The van der Waals surface area contributed by atoms with Crippen LogP contribution in [0.25, 0.3) is 11.3 Å². The SMILES string of the molecule is CCOc1ccccc1S(=O)(=O)NCc1cc(-c2ccncc2)n(C)n1. The summed E-state index contributed by atoms with van der Waals surface area (Å²) in [4.78, 5) is 4.12. The second-order valence-corrected chi connectivity index (χ2v) is 7.32. The summed E-state index contributed by atoms with van der Waals surface area (Å²) < 4.78 is 35.0. The number of ether oxygens (including phenoxy) is 1. The molecule has 0 bridgehead atoms. The van der Waals surface area contributed by atoms with E-state index in [4.69, 9.17) is 4.74 Å². The maximum Gasteiger partial charge on any atom is 0.244 e. The fraction of sp³-hybridized carbons (Fsp3) is 0.222. The van der Waals surface area contributed by atoms with E-state index < -0.39 is 10.0 Å². The van der Waals surface area contributed by atoms with Gasteiger partial charge in [-0.25, -0.2) is 13.1 Å². The van der Waals surface area contributed by atoms with Gasteiger partial charge in [0, 0.05) is 25.0 Å². The first-order chi connectivity index (χ1) is 12.5. The lowest BCUT2D eigenvalue weighted by atomic mass is 10.2. The standard InChI is InChI=1S/C18H20N4O3S/c1-3-25-17-6-4-5-7-18(17)26(23,24)20-13-15-12-16(22(2)21-15)14-8-10-19-11-9-14/h4-12,20H,3,13H2,1-2H3. The lowest BCUT2D eigenvalue weighted by Crippen LogP contribution is -2.24. The van der Waals surface area contributed by atoms with Gasteiger partial charge >= 0.3 is 0 Å². The highest BCUT2D eigenvalue weighted by molar-refractivity contribution is 7.89. The highest BCUT2D eigenvalue weighted by Crippen LogP contribution is 2.24. The van der Waals surface area contributed by atoms with Crippen molar-refractivity contribution in [2.75, 3.05) is 6.61 Å². The number of aryl methyl sites for hydroxylation is 1. The highest BCUT2D eigenvalue weighted by Gasteiger charge is 2.19. The van der Waals surface area contributed by atoms with Gasteiger partial charge in [0.1, 0.15) is 10.6 Å². The van der Waals surface area contributed by atoms with Gasteiger partial charge in [0.05, 0.1) is 24.5 Å². The number of sulfonamides is 1. The van der Waals surface area contributed by atoms with Crippen LogP contribution in [0.1, 0.15) is 12.6 Å². The van der Waals surface area contributed by atoms with Crippen molar-refractivity contribution in [2.45, 2.75) is 18.4 Å². The summed E-state index contributed by atoms with van der Waals surface area (Å²) in [6.45, 7) is 2.29. The number of pyridine rings is 1. The van der Waals surface area contributed by atoms with E-state index in [1.54, 1.807) is 35.3 Å². The number of nitrogens with one attached hydrogen (secondary N) is 1. The van der Waals surface area contributed by atoms with Gasteiger partial charge < -0.3 is 4.74 Å². The molecule has 26 heavy (non-hydrogen) atoms. The Bertz CT molecular complexity index is 985. The van der Waals surface area contributed by atoms with Crippen LogP contribution in [0.15, 0.2) is 59.8 Å². The molecule has 136 valence electrons. The zero-order valence-corrected chi connectivity index (χ0v) is 15.4. The summed E-state index contributed by atoms with van der Waals surface area (Å²) in [6.07, 6.45) is 3.41. The zero-order chi connectivity index (χ0) is 18.6. The van der Waals surface area contributed by atoms with Crippen LogP contribution < -0.4 is 9.46 Å². The highest BCUT2D eigenvalue weighted by atomic mass is 32.2. The molecule has 0 fully saturated rings. The van der Waals surface area contributed by atoms with Crippen molar-refractivity contribution < 1.29 is 13.2 Å². The summed E-state index contributed by atoms with van der Waals surface area (Å²) in [5, 5.41) is 4.38. The smallest absolute Gasteiger partial charge is 0.244 e. The fourth-order valence-electron chi connectivity index (χ4n) is 2.60. The molecule has 0 unspecified atom stereocenters. The zero-order valence-electron chi connectivity index (χ0n) is 14.6. The molecule has 8 heteroatoms. The Hall–Kier alpha value is -2.71. The van der Waals surface area contributed by atoms with Crippen molar-refractivity contribution in [3.63, 3.8) is 0 Å². The molecule has 2 aromatic heterocycles. The number of para-hydroxylation sites is 1. The van der Waals surface area contributed by atoms with E-state index >= 15 is 0 Å². The molecule has 1 aromatic carbocycles. The van der Waals surface area contributed by atoms with Crippen molar-refractivity contribution in [3.8, 4) is 17.0 Å². The Morgan fingerprint density at radius 1 is 1.15 bits per heavy atom. The van der Waals surface area contributed by atoms with Crippen molar-refractivity contribution in [1.29, 1.82) is 0 Å². The molecule has 0 aliphatic rings. The number of hydrogen-bond donors (Lipinski definition) is 1. The second-order valence-electron chi connectivity index (χ2n) is 5.58. The van der Waals surface area contributed by atoms with Crippen molar-refractivity contribution >= 4 is 10.0 Å². The Labute approximate surface area is 152 Å². The fourth-order valence-corrected chi connectivity index (χ4v) is 3.74. The van der Waals surface area contributed by atoms with Crippen molar-refractivity contribution in [2.24, 2.45) is 7.05 Å². The Balaban J connectivity index is 1.79. The topological polar surface area (TPSA) is 86.1 Å². The minimum atomic E-state index is -3.71. The first-order valence-corrected chi connectivity index (χ1v) is 9.64. The van der Waals surface area contributed by atoms with Crippen LogP contribution in [0.5, 0.6) is 5.75 Å². The van der Waals surface area contributed by atoms with Gasteiger partial charge in [-0.3, -0.25) is 9.67 Å². The third-order valence-electron chi connectivity index (χ3n) is 3.79. The summed E-state index contributed by atoms with van der Waals surface area (Å²) in [7, 11) is -1.90. The normalized spacial score (nSPS) is 11.5. The molecular weight excluding hydrogens is 352 g/mol. The lowest BCUT2D eigenvalue weighted by Gasteiger charge is -2.11. The molecule has 0 amide bonds. The van der Waals surface area contributed by atoms with E-state index in [-0.39, 0.29) is 11.4 Å². The number of nitrogens with zero attached hydrogens (tertiary/aromatic N) is 3. The van der Waals surface area contributed by atoms with Gasteiger partial charge in [0.2, 0.25) is 10.0 Å². The van der Waals surface area contributed by atoms with Gasteiger partial charge in [0.25, 0.3) is 0 Å². The average molecular weight is 372 g/mol. The van der Waals surface area contributed by atoms with E-state index in [1.165, 1.54) is 6.07 Å². The van der Waals surface area contributed by atoms with E-state index in [1.807, 2.05) is 32.2 Å². The van der Waals surface area contributed by atoms with Gasteiger partial charge in [0.15, 0.2) is 0 Å². The summed E-state index contributed by atoms with van der Waals surface area (Å²) in [5.41, 5.74) is 2.47. The molecule has 3 rings (SSSR count). The quantitative estimate of drug-likeness (QED) is 0.688. The van der Waals surface area contributed by atoms with Gasteiger partial charge in [-0.05, 0) is 37.3 Å². The van der Waals surface area contributed by atoms with Crippen LogP contribution in [-0.4, -0.2) is 29.8 Å². The molecule has 0 aliphatic carbocycles. The first-order valence-electron chi connectivity index (χ1n) is 8.16. The predicted octanol–water partition coefficient (Wildman–Crippen LogP) is 2.36. The van der Waals surface area contributed by atoms with Gasteiger partial charge in [-0.1, -0.05) is 12.1 Å². The van der Waals surface area contributed by atoms with Crippen LogP contribution >= 0.6 is 0 Å². The Morgan fingerprint density at radius 2 is 1.88 bits per heavy atom. The lowest BCUT2D eigenvalue weighted by molar-refractivity contribution is 0.331. The van der Waals surface area contributed by atoms with Gasteiger partial charge in [-0.15, -0.1) is 0 Å². The first kappa shape index (κ1) is 18.1. The van der Waals surface area contributed by atoms with Crippen molar-refractivity contribution in [3.05, 3.63) is 60.6 Å². The Kier molecular flexibility index (Phi) is 5.34. The van der Waals surface area contributed by atoms with E-state index in [9.17, 15) is 8.42 Å². The molecule has 1 N–H and O–H groups in total. The number of benzene rings is 1. The average Bonchev–Trinajstić information content (AvgIpc) is 3.02. The molecule has 3 aromatic rings. The predicted molar refractivity (Wildman–Crippen MR) is 98.1 cm³/mol. The van der Waals surface area contributed by atoms with Gasteiger partial charge in [-0.2, -0.15) is 5.10 Å². The Morgan fingerprint density at radius 3 is 2.62 bits per heavy atom. The number of hydrogen-bond acceptors (Lipinski definition) is 5. The van der Waals surface area contributed by atoms with Crippen LogP contribution in [0.2, 0.25) is 0 Å². The molecule has 7 nitrogen and oxygen atoms in total. The summed E-state index contributed by atoms with van der Waals surface area (Å²) >= 11 is 0. The molecule has 0 saturated heterocycles. The van der Waals surface area contributed by atoms with E-state index in [0.29, 0.717) is 18.1 Å². The second kappa shape index (κ2) is 7.67. The third kappa shape index (κ3) is 3.92. The maximum atomic E-state index is 12.6. The minimum Gasteiger partial charge on any atom is -0.492 e. The van der Waals surface area contributed by atoms with E-state index in [2.05, 4.69) is 14.8 Å². The molecular formula is C18H20N4O3S. The summed E-state index contributed by atoms with van der Waals surface area (Å²) in [6, 6.07) is 12.2. The molecule has 0 radical (unpaired) electrons. The largest absolute Gasteiger partial charge is 0.492 e. The molecule has 0 saturated carbocycles. The van der Waals surface area contributed by atoms with Crippen LogP contribution in [-0.2, 0) is 23.6 Å².